The Kier molecular flexibility index (Phi) is 6.47. The fourth-order valence-corrected chi connectivity index (χ4v) is 2.25. The summed E-state index contributed by atoms with van der Waals surface area (Å²) in [5, 5.41) is 5.63. The highest BCUT2D eigenvalue weighted by molar-refractivity contribution is 7.80. The summed E-state index contributed by atoms with van der Waals surface area (Å²) >= 11 is 5.14. The molecule has 0 aliphatic heterocycles. The van der Waals surface area contributed by atoms with Crippen LogP contribution >= 0.6 is 12.2 Å². The number of carbonyl (C=O) groups is 2. The van der Waals surface area contributed by atoms with Crippen LogP contribution in [0.4, 0.5) is 5.69 Å². The minimum Gasteiger partial charge on any atom is -0.494 e. The molecule has 0 bridgehead atoms. The molecule has 0 radical (unpaired) electrons. The van der Waals surface area contributed by atoms with Gasteiger partial charge in [0.05, 0.1) is 19.3 Å². The van der Waals surface area contributed by atoms with Crippen molar-refractivity contribution >= 4 is 34.9 Å². The van der Waals surface area contributed by atoms with Crippen molar-refractivity contribution in [1.29, 1.82) is 0 Å². The molecule has 25 heavy (non-hydrogen) atoms. The number of hydrogen-bond acceptors (Lipinski definition) is 5. The van der Waals surface area contributed by atoms with E-state index in [0.717, 1.165) is 11.4 Å². The van der Waals surface area contributed by atoms with Crippen LogP contribution in [0.5, 0.6) is 5.75 Å². The van der Waals surface area contributed by atoms with Crippen molar-refractivity contribution in [3.8, 4) is 5.75 Å². The predicted octanol–water partition coefficient (Wildman–Crippen LogP) is 3.00. The van der Waals surface area contributed by atoms with E-state index in [1.165, 1.54) is 13.2 Å². The minimum absolute atomic E-state index is 0.151. The molecule has 0 saturated carbocycles. The molecule has 0 atom stereocenters. The third-order valence-electron chi connectivity index (χ3n) is 3.20. The Morgan fingerprint density at radius 1 is 1.08 bits per heavy atom. The number of hydrogen-bond donors (Lipinski definition) is 2. The SMILES string of the molecule is CCOc1ccc(NC(=S)NC(=O)c2cccc(C(=O)OC)c2)cc1. The zero-order valence-corrected chi connectivity index (χ0v) is 14.7. The average Bonchev–Trinajstić information content (AvgIpc) is 2.63. The molecule has 1 amide bonds. The van der Waals surface area contributed by atoms with E-state index >= 15 is 0 Å². The molecule has 0 aliphatic carbocycles. The lowest BCUT2D eigenvalue weighted by atomic mass is 10.1. The van der Waals surface area contributed by atoms with Gasteiger partial charge >= 0.3 is 5.97 Å². The lowest BCUT2D eigenvalue weighted by Crippen LogP contribution is -2.34. The second-order valence-corrected chi connectivity index (χ2v) is 5.35. The number of methoxy groups -OCH3 is 1. The zero-order valence-electron chi connectivity index (χ0n) is 13.9. The van der Waals surface area contributed by atoms with E-state index in [4.69, 9.17) is 17.0 Å². The highest BCUT2D eigenvalue weighted by Gasteiger charge is 2.12. The lowest BCUT2D eigenvalue weighted by Gasteiger charge is -2.11. The molecule has 6 nitrogen and oxygen atoms in total. The molecule has 7 heteroatoms. The normalized spacial score (nSPS) is 9.84. The van der Waals surface area contributed by atoms with Gasteiger partial charge in [-0.1, -0.05) is 6.07 Å². The number of carbonyl (C=O) groups excluding carboxylic acids is 2. The van der Waals surface area contributed by atoms with Crippen LogP contribution in [-0.4, -0.2) is 30.7 Å². The van der Waals surface area contributed by atoms with Gasteiger partial charge in [-0.05, 0) is 61.6 Å². The zero-order chi connectivity index (χ0) is 18.2. The van der Waals surface area contributed by atoms with Gasteiger partial charge in [0.25, 0.3) is 5.91 Å². The first kappa shape index (κ1) is 18.4. The fraction of sp³-hybridized carbons (Fsp3) is 0.167. The van der Waals surface area contributed by atoms with Crippen LogP contribution in [0.25, 0.3) is 0 Å². The van der Waals surface area contributed by atoms with Crippen LogP contribution in [0.15, 0.2) is 48.5 Å². The van der Waals surface area contributed by atoms with Crippen LogP contribution in [0.2, 0.25) is 0 Å². The monoisotopic (exact) mass is 358 g/mol. The van der Waals surface area contributed by atoms with Gasteiger partial charge in [-0.15, -0.1) is 0 Å². The van der Waals surface area contributed by atoms with Crippen molar-refractivity contribution < 1.29 is 19.1 Å². The van der Waals surface area contributed by atoms with Crippen molar-refractivity contribution in [3.63, 3.8) is 0 Å². The van der Waals surface area contributed by atoms with Gasteiger partial charge in [-0.3, -0.25) is 10.1 Å². The molecule has 0 fully saturated rings. The maximum absolute atomic E-state index is 12.2. The van der Waals surface area contributed by atoms with E-state index in [0.29, 0.717) is 17.7 Å². The van der Waals surface area contributed by atoms with Crippen LogP contribution < -0.4 is 15.4 Å². The average molecular weight is 358 g/mol. The Balaban J connectivity index is 1.98. The summed E-state index contributed by atoms with van der Waals surface area (Å²) in [5.41, 5.74) is 1.32. The Bertz CT molecular complexity index is 775. The van der Waals surface area contributed by atoms with Gasteiger partial charge in [0, 0.05) is 11.3 Å². The summed E-state index contributed by atoms with van der Waals surface area (Å²) in [5.74, 6) is -0.179. The molecular weight excluding hydrogens is 340 g/mol. The minimum atomic E-state index is -0.510. The van der Waals surface area contributed by atoms with Crippen LogP contribution in [-0.2, 0) is 4.74 Å². The van der Waals surface area contributed by atoms with E-state index in [1.54, 1.807) is 42.5 Å². The second kappa shape index (κ2) is 8.79. The molecule has 2 rings (SSSR count). The number of rotatable bonds is 5. The molecule has 2 N–H and O–H groups in total. The maximum atomic E-state index is 12.2. The molecule has 130 valence electrons. The number of nitrogens with one attached hydrogen (secondary N) is 2. The highest BCUT2D eigenvalue weighted by Crippen LogP contribution is 2.15. The Morgan fingerprint density at radius 3 is 2.40 bits per heavy atom. The van der Waals surface area contributed by atoms with Crippen LogP contribution in [0.3, 0.4) is 0 Å². The first-order valence-corrected chi connectivity index (χ1v) is 7.98. The van der Waals surface area contributed by atoms with E-state index in [1.807, 2.05) is 6.92 Å². The summed E-state index contributed by atoms with van der Waals surface area (Å²) in [6, 6.07) is 13.4. The van der Waals surface area contributed by atoms with Crippen molar-refractivity contribution in [1.82, 2.24) is 5.32 Å². The number of anilines is 1. The Morgan fingerprint density at radius 2 is 1.76 bits per heavy atom. The highest BCUT2D eigenvalue weighted by atomic mass is 32.1. The molecule has 0 aromatic heterocycles. The van der Waals surface area contributed by atoms with Gasteiger partial charge < -0.3 is 14.8 Å². The van der Waals surface area contributed by atoms with Crippen LogP contribution in [0, 0.1) is 0 Å². The van der Waals surface area contributed by atoms with Crippen molar-refractivity contribution in [2.24, 2.45) is 0 Å². The largest absolute Gasteiger partial charge is 0.494 e. The third-order valence-corrected chi connectivity index (χ3v) is 3.40. The lowest BCUT2D eigenvalue weighted by molar-refractivity contribution is 0.0600. The molecule has 2 aromatic rings. The van der Waals surface area contributed by atoms with E-state index in [2.05, 4.69) is 15.4 Å². The van der Waals surface area contributed by atoms with E-state index in [9.17, 15) is 9.59 Å². The van der Waals surface area contributed by atoms with Crippen molar-refractivity contribution in [2.45, 2.75) is 6.92 Å². The smallest absolute Gasteiger partial charge is 0.337 e. The number of amides is 1. The van der Waals surface area contributed by atoms with Gasteiger partial charge in [-0.25, -0.2) is 4.79 Å². The predicted molar refractivity (Wildman–Crippen MR) is 99.1 cm³/mol. The number of esters is 1. The topological polar surface area (TPSA) is 76.7 Å². The summed E-state index contributed by atoms with van der Waals surface area (Å²) in [4.78, 5) is 23.8. The number of benzene rings is 2. The summed E-state index contributed by atoms with van der Waals surface area (Å²) in [7, 11) is 1.28. The molecule has 0 unspecified atom stereocenters. The third kappa shape index (κ3) is 5.29. The van der Waals surface area contributed by atoms with Crippen molar-refractivity contribution in [2.75, 3.05) is 19.0 Å². The summed E-state index contributed by atoms with van der Waals surface area (Å²) < 4.78 is 10.00. The quantitative estimate of drug-likeness (QED) is 0.632. The molecule has 0 saturated heterocycles. The summed E-state index contributed by atoms with van der Waals surface area (Å²) in [6.45, 7) is 2.50. The molecule has 0 aliphatic rings. The molecule has 2 aromatic carbocycles. The van der Waals surface area contributed by atoms with E-state index < -0.39 is 11.9 Å². The maximum Gasteiger partial charge on any atom is 0.337 e. The van der Waals surface area contributed by atoms with Gasteiger partial charge in [0.1, 0.15) is 5.75 Å². The fourth-order valence-electron chi connectivity index (χ4n) is 2.04. The van der Waals surface area contributed by atoms with Gasteiger partial charge in [0.15, 0.2) is 5.11 Å². The summed E-state index contributed by atoms with van der Waals surface area (Å²) in [6.07, 6.45) is 0. The first-order chi connectivity index (χ1) is 12.0. The number of ether oxygens (including phenoxy) is 2. The van der Waals surface area contributed by atoms with E-state index in [-0.39, 0.29) is 5.11 Å². The molecule has 0 heterocycles. The first-order valence-electron chi connectivity index (χ1n) is 7.57. The number of thiocarbonyl (C=S) groups is 1. The molecule has 0 spiro atoms. The Hall–Kier alpha value is -2.93. The van der Waals surface area contributed by atoms with Gasteiger partial charge in [-0.2, -0.15) is 0 Å². The second-order valence-electron chi connectivity index (χ2n) is 4.94. The standard InChI is InChI=1S/C18H18N2O4S/c1-3-24-15-9-7-14(8-10-15)19-18(25)20-16(21)12-5-4-6-13(11-12)17(22)23-2/h4-11H,3H2,1-2H3,(H2,19,20,21,25). The van der Waals surface area contributed by atoms with Gasteiger partial charge in [0.2, 0.25) is 0 Å². The van der Waals surface area contributed by atoms with Crippen molar-refractivity contribution in [3.05, 3.63) is 59.7 Å². The Labute approximate surface area is 151 Å². The van der Waals surface area contributed by atoms with Crippen LogP contribution in [0.1, 0.15) is 27.6 Å². The molecular formula is C18H18N2O4S.